The van der Waals surface area contributed by atoms with Crippen LogP contribution < -0.4 is 4.90 Å². The van der Waals surface area contributed by atoms with Crippen molar-refractivity contribution in [3.63, 3.8) is 0 Å². The highest BCUT2D eigenvalue weighted by molar-refractivity contribution is 5.84. The Hall–Kier alpha value is -2.11. The minimum Gasteiger partial charge on any atom is -0.480 e. The maximum Gasteiger partial charge on any atom is 0.323 e. The van der Waals surface area contributed by atoms with E-state index in [4.69, 9.17) is 5.11 Å². The molecule has 0 bridgehead atoms. The first-order valence-electron chi connectivity index (χ1n) is 7.67. The second-order valence-electron chi connectivity index (χ2n) is 5.93. The zero-order valence-electron chi connectivity index (χ0n) is 13.1. The van der Waals surface area contributed by atoms with Gasteiger partial charge in [0, 0.05) is 25.3 Å². The smallest absolute Gasteiger partial charge is 0.323 e. The molecular formula is C16H23N3O3. The van der Waals surface area contributed by atoms with E-state index in [1.807, 2.05) is 32.0 Å². The molecule has 1 aromatic heterocycles. The van der Waals surface area contributed by atoms with E-state index < -0.39 is 5.97 Å². The average molecular weight is 305 g/mol. The Morgan fingerprint density at radius 3 is 2.82 bits per heavy atom. The lowest BCUT2D eigenvalue weighted by Gasteiger charge is -2.36. The molecule has 6 nitrogen and oxygen atoms in total. The molecule has 2 rings (SSSR count). The van der Waals surface area contributed by atoms with Gasteiger partial charge < -0.3 is 14.9 Å². The van der Waals surface area contributed by atoms with Crippen LogP contribution in [0.1, 0.15) is 26.7 Å². The van der Waals surface area contributed by atoms with Crippen LogP contribution in [0.15, 0.2) is 24.4 Å². The van der Waals surface area contributed by atoms with Crippen LogP contribution >= 0.6 is 0 Å². The number of amides is 1. The fraction of sp³-hybridized carbons (Fsp3) is 0.562. The number of anilines is 1. The molecule has 22 heavy (non-hydrogen) atoms. The molecule has 1 atom stereocenters. The van der Waals surface area contributed by atoms with Gasteiger partial charge in [-0.3, -0.25) is 9.59 Å². The van der Waals surface area contributed by atoms with Crippen molar-refractivity contribution in [3.8, 4) is 0 Å². The topological polar surface area (TPSA) is 73.7 Å². The van der Waals surface area contributed by atoms with Crippen LogP contribution in [0.25, 0.3) is 0 Å². The molecule has 1 saturated heterocycles. The van der Waals surface area contributed by atoms with Crippen molar-refractivity contribution < 1.29 is 14.7 Å². The van der Waals surface area contributed by atoms with Crippen LogP contribution in [0.3, 0.4) is 0 Å². The summed E-state index contributed by atoms with van der Waals surface area (Å²) in [7, 11) is 0. The number of piperidine rings is 1. The Labute approximate surface area is 130 Å². The SMILES string of the molecule is CC(C)N(CC(=O)O)C(=O)C1CCCN(c2ccccn2)C1. The zero-order chi connectivity index (χ0) is 16.1. The molecule has 1 unspecified atom stereocenters. The molecule has 0 radical (unpaired) electrons. The van der Waals surface area contributed by atoms with Gasteiger partial charge in [-0.15, -0.1) is 0 Å². The quantitative estimate of drug-likeness (QED) is 0.895. The van der Waals surface area contributed by atoms with Crippen molar-refractivity contribution in [1.29, 1.82) is 0 Å². The van der Waals surface area contributed by atoms with Gasteiger partial charge in [0.05, 0.1) is 5.92 Å². The Bertz CT molecular complexity index is 519. The predicted molar refractivity (Wildman–Crippen MR) is 83.7 cm³/mol. The summed E-state index contributed by atoms with van der Waals surface area (Å²) in [6, 6.07) is 5.61. The molecule has 0 aromatic carbocycles. The zero-order valence-corrected chi connectivity index (χ0v) is 13.1. The molecule has 1 N–H and O–H groups in total. The van der Waals surface area contributed by atoms with Gasteiger partial charge in [-0.2, -0.15) is 0 Å². The second-order valence-corrected chi connectivity index (χ2v) is 5.93. The lowest BCUT2D eigenvalue weighted by molar-refractivity contribution is -0.148. The first kappa shape index (κ1) is 16.3. The van der Waals surface area contributed by atoms with Crippen molar-refractivity contribution in [2.45, 2.75) is 32.7 Å². The second kappa shape index (κ2) is 7.24. The van der Waals surface area contributed by atoms with Gasteiger partial charge in [0.25, 0.3) is 0 Å². The van der Waals surface area contributed by atoms with E-state index in [0.29, 0.717) is 6.54 Å². The van der Waals surface area contributed by atoms with E-state index in [9.17, 15) is 9.59 Å². The summed E-state index contributed by atoms with van der Waals surface area (Å²) in [5.74, 6) is -0.343. The van der Waals surface area contributed by atoms with Gasteiger partial charge in [-0.1, -0.05) is 6.07 Å². The molecule has 0 spiro atoms. The van der Waals surface area contributed by atoms with Crippen LogP contribution in [0.2, 0.25) is 0 Å². The summed E-state index contributed by atoms with van der Waals surface area (Å²) in [6.45, 7) is 4.93. The fourth-order valence-electron chi connectivity index (χ4n) is 2.82. The number of hydrogen-bond donors (Lipinski definition) is 1. The maximum atomic E-state index is 12.7. The minimum absolute atomic E-state index is 0.0713. The van der Waals surface area contributed by atoms with Crippen LogP contribution in [-0.2, 0) is 9.59 Å². The van der Waals surface area contributed by atoms with Crippen LogP contribution in [0, 0.1) is 5.92 Å². The highest BCUT2D eigenvalue weighted by atomic mass is 16.4. The highest BCUT2D eigenvalue weighted by Gasteiger charge is 2.31. The summed E-state index contributed by atoms with van der Waals surface area (Å²) in [5.41, 5.74) is 0. The van der Waals surface area contributed by atoms with E-state index in [-0.39, 0.29) is 24.4 Å². The van der Waals surface area contributed by atoms with Gasteiger partial charge in [0.15, 0.2) is 0 Å². The van der Waals surface area contributed by atoms with Crippen molar-refractivity contribution in [1.82, 2.24) is 9.88 Å². The number of aliphatic carboxylic acids is 1. The number of carboxylic acid groups (broad SMARTS) is 1. The van der Waals surface area contributed by atoms with Crippen molar-refractivity contribution in [2.24, 2.45) is 5.92 Å². The third-order valence-corrected chi connectivity index (χ3v) is 3.96. The number of hydrogen-bond acceptors (Lipinski definition) is 4. The summed E-state index contributed by atoms with van der Waals surface area (Å²) < 4.78 is 0. The van der Waals surface area contributed by atoms with Crippen LogP contribution in [0.4, 0.5) is 5.82 Å². The summed E-state index contributed by atoms with van der Waals surface area (Å²) in [6.07, 6.45) is 3.45. The Balaban J connectivity index is 2.07. The molecule has 1 aliphatic heterocycles. The van der Waals surface area contributed by atoms with Crippen molar-refractivity contribution >= 4 is 17.7 Å². The first-order chi connectivity index (χ1) is 10.5. The van der Waals surface area contributed by atoms with E-state index in [0.717, 1.165) is 25.2 Å². The summed E-state index contributed by atoms with van der Waals surface area (Å²) in [4.78, 5) is 31.5. The standard InChI is InChI=1S/C16H23N3O3/c1-12(2)19(11-15(20)21)16(22)13-6-5-9-18(10-13)14-7-3-4-8-17-14/h3-4,7-8,12-13H,5-6,9-11H2,1-2H3,(H,20,21). The van der Waals surface area contributed by atoms with Crippen molar-refractivity contribution in [2.75, 3.05) is 24.5 Å². The summed E-state index contributed by atoms with van der Waals surface area (Å²) in [5, 5.41) is 9.00. The summed E-state index contributed by atoms with van der Waals surface area (Å²) >= 11 is 0. The Morgan fingerprint density at radius 2 is 2.23 bits per heavy atom. The fourth-order valence-corrected chi connectivity index (χ4v) is 2.82. The molecule has 6 heteroatoms. The van der Waals surface area contributed by atoms with Gasteiger partial charge in [-0.05, 0) is 38.8 Å². The Kier molecular flexibility index (Phi) is 5.35. The Morgan fingerprint density at radius 1 is 1.45 bits per heavy atom. The van der Waals surface area contributed by atoms with E-state index in [2.05, 4.69) is 9.88 Å². The molecule has 0 aliphatic carbocycles. The number of rotatable bonds is 5. The molecule has 1 fully saturated rings. The van der Waals surface area contributed by atoms with E-state index in [1.165, 1.54) is 4.90 Å². The number of carbonyl (C=O) groups excluding carboxylic acids is 1. The predicted octanol–water partition coefficient (Wildman–Crippen LogP) is 1.62. The molecule has 2 heterocycles. The molecule has 1 amide bonds. The maximum absolute atomic E-state index is 12.7. The van der Waals surface area contributed by atoms with Gasteiger partial charge in [0.1, 0.15) is 12.4 Å². The van der Waals surface area contributed by atoms with Crippen molar-refractivity contribution in [3.05, 3.63) is 24.4 Å². The van der Waals surface area contributed by atoms with E-state index in [1.54, 1.807) is 6.20 Å². The first-order valence-corrected chi connectivity index (χ1v) is 7.67. The number of carbonyl (C=O) groups is 2. The molecule has 120 valence electrons. The van der Waals surface area contributed by atoms with Gasteiger partial charge >= 0.3 is 5.97 Å². The number of aromatic nitrogens is 1. The molecule has 1 aromatic rings. The minimum atomic E-state index is -0.973. The van der Waals surface area contributed by atoms with Gasteiger partial charge in [-0.25, -0.2) is 4.98 Å². The number of pyridine rings is 1. The lowest BCUT2D eigenvalue weighted by Crippen LogP contribution is -2.48. The molecule has 1 aliphatic rings. The lowest BCUT2D eigenvalue weighted by atomic mass is 9.96. The highest BCUT2D eigenvalue weighted by Crippen LogP contribution is 2.23. The third-order valence-electron chi connectivity index (χ3n) is 3.96. The third kappa shape index (κ3) is 3.96. The van der Waals surface area contributed by atoms with Crippen LogP contribution in [-0.4, -0.2) is 52.5 Å². The largest absolute Gasteiger partial charge is 0.480 e. The number of carboxylic acids is 1. The monoisotopic (exact) mass is 305 g/mol. The van der Waals surface area contributed by atoms with Gasteiger partial charge in [0.2, 0.25) is 5.91 Å². The normalized spacial score (nSPS) is 18.3. The van der Waals surface area contributed by atoms with E-state index >= 15 is 0 Å². The molecule has 0 saturated carbocycles. The average Bonchev–Trinajstić information content (AvgIpc) is 2.52. The number of nitrogens with zero attached hydrogens (tertiary/aromatic N) is 3. The molecular weight excluding hydrogens is 282 g/mol. The van der Waals surface area contributed by atoms with Crippen LogP contribution in [0.5, 0.6) is 0 Å².